The van der Waals surface area contributed by atoms with Crippen molar-refractivity contribution in [3.8, 4) is 0 Å². The second-order valence-corrected chi connectivity index (χ2v) is 9.96. The zero-order valence-corrected chi connectivity index (χ0v) is 18.7. The molecule has 2 saturated carbocycles. The van der Waals surface area contributed by atoms with Gasteiger partial charge in [0.15, 0.2) is 0 Å². The molecule has 2 aliphatic rings. The highest BCUT2D eigenvalue weighted by Gasteiger charge is 2.46. The Hall–Kier alpha value is -1.06. The van der Waals surface area contributed by atoms with Gasteiger partial charge >= 0.3 is 6.18 Å². The normalized spacial score (nSPS) is 25.8. The number of alkyl halides is 3. The molecule has 0 nitrogen and oxygen atoms in total. The van der Waals surface area contributed by atoms with E-state index in [1.165, 1.54) is 63.9 Å². The molecule has 0 N–H and O–H groups in total. The molecule has 1 aromatic carbocycles. The van der Waals surface area contributed by atoms with Gasteiger partial charge in [0.05, 0.1) is 5.56 Å². The molecule has 0 aromatic heterocycles. The molecule has 2 aliphatic carbocycles. The Balaban J connectivity index is 1.77. The van der Waals surface area contributed by atoms with Crippen LogP contribution in [-0.4, -0.2) is 0 Å². The Kier molecular flexibility index (Phi) is 7.90. The Morgan fingerprint density at radius 2 is 1.67 bits per heavy atom. The van der Waals surface area contributed by atoms with Crippen molar-refractivity contribution in [2.75, 3.05) is 0 Å². The van der Waals surface area contributed by atoms with E-state index in [1.807, 2.05) is 0 Å². The van der Waals surface area contributed by atoms with Crippen molar-refractivity contribution in [2.24, 2.45) is 17.3 Å². The van der Waals surface area contributed by atoms with Crippen molar-refractivity contribution in [1.29, 1.82) is 0 Å². The molecule has 0 heterocycles. The number of rotatable bonds is 7. The lowest BCUT2D eigenvalue weighted by molar-refractivity contribution is -0.137. The van der Waals surface area contributed by atoms with Gasteiger partial charge in [0.25, 0.3) is 0 Å². The maximum atomic E-state index is 14.9. The van der Waals surface area contributed by atoms with E-state index in [2.05, 4.69) is 13.8 Å². The highest BCUT2D eigenvalue weighted by Crippen LogP contribution is 2.57. The average Bonchev–Trinajstić information content (AvgIpc) is 2.74. The van der Waals surface area contributed by atoms with Crippen LogP contribution in [0.1, 0.15) is 114 Å². The summed E-state index contributed by atoms with van der Waals surface area (Å²) in [5.41, 5.74) is -0.371. The van der Waals surface area contributed by atoms with Gasteiger partial charge in [0, 0.05) is 0 Å². The molecular weight excluding hydrogens is 388 g/mol. The molecule has 4 heteroatoms. The molecule has 3 rings (SSSR count). The second kappa shape index (κ2) is 10.0. The first-order chi connectivity index (χ1) is 14.3. The van der Waals surface area contributed by atoms with E-state index in [0.717, 1.165) is 37.7 Å². The Morgan fingerprint density at radius 1 is 1.00 bits per heavy atom. The Morgan fingerprint density at radius 3 is 2.23 bits per heavy atom. The molecule has 1 unspecified atom stereocenters. The molecule has 170 valence electrons. The van der Waals surface area contributed by atoms with Crippen LogP contribution >= 0.6 is 0 Å². The monoisotopic (exact) mass is 426 g/mol. The van der Waals surface area contributed by atoms with E-state index in [-0.39, 0.29) is 11.3 Å². The third-order valence-electron chi connectivity index (χ3n) is 8.32. The highest BCUT2D eigenvalue weighted by molar-refractivity contribution is 5.30. The summed E-state index contributed by atoms with van der Waals surface area (Å²) in [5.74, 6) is 0.667. The van der Waals surface area contributed by atoms with Gasteiger partial charge in [-0.05, 0) is 66.5 Å². The highest BCUT2D eigenvalue weighted by atomic mass is 19.4. The van der Waals surface area contributed by atoms with E-state index in [4.69, 9.17) is 0 Å². The predicted octanol–water partition coefficient (Wildman–Crippen LogP) is 9.29. The third-order valence-corrected chi connectivity index (χ3v) is 8.32. The van der Waals surface area contributed by atoms with Crippen LogP contribution in [0, 0.1) is 23.1 Å². The fourth-order valence-corrected chi connectivity index (χ4v) is 6.48. The van der Waals surface area contributed by atoms with Crippen LogP contribution in [0.4, 0.5) is 17.6 Å². The van der Waals surface area contributed by atoms with Crippen molar-refractivity contribution in [3.63, 3.8) is 0 Å². The minimum atomic E-state index is -4.50. The number of unbranched alkanes of at least 4 members (excludes halogenated alkanes) is 2. The van der Waals surface area contributed by atoms with Crippen LogP contribution in [0.3, 0.4) is 0 Å². The molecule has 0 bridgehead atoms. The zero-order valence-electron chi connectivity index (χ0n) is 18.7. The molecule has 0 spiro atoms. The summed E-state index contributed by atoms with van der Waals surface area (Å²) < 4.78 is 53.9. The minimum absolute atomic E-state index is 0.0349. The average molecular weight is 427 g/mol. The Labute approximate surface area is 179 Å². The number of hydrogen-bond acceptors (Lipinski definition) is 0. The van der Waals surface area contributed by atoms with Crippen LogP contribution in [0.5, 0.6) is 0 Å². The summed E-state index contributed by atoms with van der Waals surface area (Å²) >= 11 is 0. The lowest BCUT2D eigenvalue weighted by Gasteiger charge is -2.50. The lowest BCUT2D eigenvalue weighted by atomic mass is 9.54. The molecule has 1 atom stereocenters. The third kappa shape index (κ3) is 5.22. The largest absolute Gasteiger partial charge is 0.416 e. The molecule has 0 radical (unpaired) electrons. The molecule has 30 heavy (non-hydrogen) atoms. The summed E-state index contributed by atoms with van der Waals surface area (Å²) in [7, 11) is 0. The van der Waals surface area contributed by atoms with Gasteiger partial charge in [-0.25, -0.2) is 4.39 Å². The van der Waals surface area contributed by atoms with Crippen molar-refractivity contribution < 1.29 is 17.6 Å². The summed E-state index contributed by atoms with van der Waals surface area (Å²) in [5, 5.41) is 0. The standard InChI is InChI=1S/C26H38F4/c1-3-4-6-9-20-10-12-21(13-11-20)25(16-7-5-8-17-25)19(2)23-15-14-22(18-24(23)27)26(28,29)30/h14-15,18-21H,3-13,16-17H2,1-2H3. The molecule has 0 saturated heterocycles. The number of halogens is 4. The van der Waals surface area contributed by atoms with E-state index in [0.29, 0.717) is 17.5 Å². The van der Waals surface area contributed by atoms with Crippen molar-refractivity contribution in [2.45, 2.75) is 109 Å². The van der Waals surface area contributed by atoms with E-state index >= 15 is 0 Å². The van der Waals surface area contributed by atoms with E-state index in [9.17, 15) is 17.6 Å². The van der Waals surface area contributed by atoms with Crippen molar-refractivity contribution in [3.05, 3.63) is 35.1 Å². The van der Waals surface area contributed by atoms with Crippen LogP contribution in [-0.2, 0) is 6.18 Å². The van der Waals surface area contributed by atoms with E-state index in [1.54, 1.807) is 0 Å². The van der Waals surface area contributed by atoms with Gasteiger partial charge in [0.2, 0.25) is 0 Å². The van der Waals surface area contributed by atoms with Crippen molar-refractivity contribution in [1.82, 2.24) is 0 Å². The van der Waals surface area contributed by atoms with Crippen LogP contribution in [0.15, 0.2) is 18.2 Å². The molecule has 0 aliphatic heterocycles. The SMILES string of the molecule is CCCCCC1CCC(C2(C(C)c3ccc(C(F)(F)F)cc3F)CCCCC2)CC1. The quantitative estimate of drug-likeness (QED) is 0.301. The Bertz CT molecular complexity index is 664. The first kappa shape index (κ1) is 23.6. The van der Waals surface area contributed by atoms with Gasteiger partial charge in [-0.15, -0.1) is 0 Å². The zero-order chi connectivity index (χ0) is 21.8. The maximum Gasteiger partial charge on any atom is 0.416 e. The van der Waals surface area contributed by atoms with Crippen LogP contribution in [0.25, 0.3) is 0 Å². The topological polar surface area (TPSA) is 0 Å². The first-order valence-corrected chi connectivity index (χ1v) is 12.1. The summed E-state index contributed by atoms with van der Waals surface area (Å²) in [6.45, 7) is 4.32. The molecule has 1 aromatic rings. The van der Waals surface area contributed by atoms with Gasteiger partial charge < -0.3 is 0 Å². The van der Waals surface area contributed by atoms with Crippen LogP contribution in [0.2, 0.25) is 0 Å². The summed E-state index contributed by atoms with van der Waals surface area (Å²) in [6.07, 6.45) is 11.3. The summed E-state index contributed by atoms with van der Waals surface area (Å²) in [6, 6.07) is 3.18. The van der Waals surface area contributed by atoms with E-state index < -0.39 is 17.6 Å². The minimum Gasteiger partial charge on any atom is -0.207 e. The second-order valence-electron chi connectivity index (χ2n) is 9.96. The number of hydrogen-bond donors (Lipinski definition) is 0. The van der Waals surface area contributed by atoms with Gasteiger partial charge in [-0.2, -0.15) is 13.2 Å². The predicted molar refractivity (Wildman–Crippen MR) is 115 cm³/mol. The van der Waals surface area contributed by atoms with Crippen molar-refractivity contribution >= 4 is 0 Å². The lowest BCUT2D eigenvalue weighted by Crippen LogP contribution is -2.40. The fourth-order valence-electron chi connectivity index (χ4n) is 6.48. The maximum absolute atomic E-state index is 14.9. The summed E-state index contributed by atoms with van der Waals surface area (Å²) in [4.78, 5) is 0. The smallest absolute Gasteiger partial charge is 0.207 e. The molecule has 2 fully saturated rings. The van der Waals surface area contributed by atoms with Gasteiger partial charge in [-0.3, -0.25) is 0 Å². The molecule has 0 amide bonds. The fraction of sp³-hybridized carbons (Fsp3) is 0.769. The van der Waals surface area contributed by atoms with Gasteiger partial charge in [0.1, 0.15) is 5.82 Å². The van der Waals surface area contributed by atoms with Gasteiger partial charge in [-0.1, -0.05) is 77.7 Å². The first-order valence-electron chi connectivity index (χ1n) is 12.1. The van der Waals surface area contributed by atoms with Crippen LogP contribution < -0.4 is 0 Å². The number of benzene rings is 1. The molecular formula is C26H38F4.